The summed E-state index contributed by atoms with van der Waals surface area (Å²) in [4.78, 5) is 34.1. The molecule has 0 saturated carbocycles. The van der Waals surface area contributed by atoms with E-state index in [0.717, 1.165) is 10.4 Å². The summed E-state index contributed by atoms with van der Waals surface area (Å²) in [5.74, 6) is -0.347. The van der Waals surface area contributed by atoms with Crippen LogP contribution in [0.5, 0.6) is 0 Å². The van der Waals surface area contributed by atoms with Crippen molar-refractivity contribution in [1.82, 2.24) is 9.97 Å². The number of amides is 2. The minimum absolute atomic E-state index is 0.116. The lowest BCUT2D eigenvalue weighted by molar-refractivity contribution is -0.117. The molecular weight excluding hydrogens is 372 g/mol. The first-order valence-corrected chi connectivity index (χ1v) is 9.84. The Morgan fingerprint density at radius 2 is 1.71 bits per heavy atom. The minimum Gasteiger partial charge on any atom is -0.321 e. The third-order valence-corrected chi connectivity index (χ3v) is 5.50. The second-order valence-electron chi connectivity index (χ2n) is 6.72. The Morgan fingerprint density at radius 1 is 0.964 bits per heavy atom. The zero-order valence-electron chi connectivity index (χ0n) is 16.0. The van der Waals surface area contributed by atoms with Crippen molar-refractivity contribution in [2.24, 2.45) is 0 Å². The Kier molecular flexibility index (Phi) is 6.16. The van der Waals surface area contributed by atoms with Crippen molar-refractivity contribution in [3.63, 3.8) is 0 Å². The number of benzene rings is 1. The molecule has 144 valence electrons. The first kappa shape index (κ1) is 19.7. The Labute approximate surface area is 168 Å². The van der Waals surface area contributed by atoms with Crippen LogP contribution in [-0.2, 0) is 4.79 Å². The van der Waals surface area contributed by atoms with Crippen LogP contribution < -0.4 is 10.6 Å². The number of carbonyl (C=O) groups is 2. The first-order valence-electron chi connectivity index (χ1n) is 9.03. The summed E-state index contributed by atoms with van der Waals surface area (Å²) in [5, 5.41) is 6.28. The molecule has 28 heavy (non-hydrogen) atoms. The average molecular weight is 395 g/mol. The average Bonchev–Trinajstić information content (AvgIpc) is 3.17. The fourth-order valence-electron chi connectivity index (χ4n) is 2.52. The molecule has 2 N–H and O–H groups in total. The number of hydrogen-bond acceptors (Lipinski definition) is 5. The lowest BCUT2D eigenvalue weighted by Crippen LogP contribution is -2.19. The number of pyridine rings is 1. The smallest absolute Gasteiger partial charge is 0.274 e. The summed E-state index contributed by atoms with van der Waals surface area (Å²) < 4.78 is 0. The molecule has 0 fully saturated rings. The van der Waals surface area contributed by atoms with Gasteiger partial charge in [-0.3, -0.25) is 14.6 Å². The van der Waals surface area contributed by atoms with Crippen LogP contribution in [0.15, 0.2) is 54.9 Å². The van der Waals surface area contributed by atoms with Gasteiger partial charge in [0.15, 0.2) is 5.13 Å². The van der Waals surface area contributed by atoms with Gasteiger partial charge in [0.1, 0.15) is 5.69 Å². The van der Waals surface area contributed by atoms with Crippen LogP contribution in [0.4, 0.5) is 10.8 Å². The third kappa shape index (κ3) is 4.80. The highest BCUT2D eigenvalue weighted by atomic mass is 32.1. The van der Waals surface area contributed by atoms with Gasteiger partial charge < -0.3 is 10.6 Å². The van der Waals surface area contributed by atoms with Gasteiger partial charge in [-0.25, -0.2) is 4.98 Å². The van der Waals surface area contributed by atoms with Crippen LogP contribution in [-0.4, -0.2) is 21.8 Å². The molecule has 2 heterocycles. The van der Waals surface area contributed by atoms with E-state index in [1.165, 1.54) is 11.3 Å². The van der Waals surface area contributed by atoms with Gasteiger partial charge in [-0.1, -0.05) is 32.0 Å². The molecule has 3 rings (SSSR count). The van der Waals surface area contributed by atoms with Crippen molar-refractivity contribution in [2.45, 2.75) is 32.6 Å². The Morgan fingerprint density at radius 3 is 2.32 bits per heavy atom. The van der Waals surface area contributed by atoms with E-state index in [-0.39, 0.29) is 17.7 Å². The maximum absolute atomic E-state index is 12.5. The molecule has 2 amide bonds. The number of hydrogen-bond donors (Lipinski definition) is 2. The maximum atomic E-state index is 12.5. The summed E-state index contributed by atoms with van der Waals surface area (Å²) >= 11 is 1.49. The predicted octanol–water partition coefficient (Wildman–Crippen LogP) is 4.66. The van der Waals surface area contributed by atoms with Gasteiger partial charge in [-0.05, 0) is 42.7 Å². The number of aromatic nitrogens is 2. The van der Waals surface area contributed by atoms with Crippen molar-refractivity contribution in [3.05, 3.63) is 71.0 Å². The van der Waals surface area contributed by atoms with E-state index in [4.69, 9.17) is 0 Å². The lowest BCUT2D eigenvalue weighted by atomic mass is 10.00. The van der Waals surface area contributed by atoms with Gasteiger partial charge in [-0.2, -0.15) is 0 Å². The van der Waals surface area contributed by atoms with Crippen molar-refractivity contribution in [2.75, 3.05) is 10.6 Å². The molecule has 3 aromatic rings. The van der Waals surface area contributed by atoms with E-state index in [1.807, 2.05) is 19.1 Å². The Balaban J connectivity index is 1.61. The van der Waals surface area contributed by atoms with E-state index in [2.05, 4.69) is 34.4 Å². The predicted molar refractivity (Wildman–Crippen MR) is 112 cm³/mol. The zero-order chi connectivity index (χ0) is 20.1. The van der Waals surface area contributed by atoms with Crippen LogP contribution in [0.1, 0.15) is 53.5 Å². The molecule has 0 aliphatic rings. The first-order chi connectivity index (χ1) is 13.4. The monoisotopic (exact) mass is 394 g/mol. The molecule has 6 nitrogen and oxygen atoms in total. The molecule has 0 aliphatic carbocycles. The lowest BCUT2D eigenvalue weighted by Gasteiger charge is -2.12. The maximum Gasteiger partial charge on any atom is 0.274 e. The normalized spacial score (nSPS) is 11.9. The third-order valence-electron chi connectivity index (χ3n) is 4.28. The van der Waals surface area contributed by atoms with Crippen molar-refractivity contribution in [1.29, 1.82) is 0 Å². The Bertz CT molecular complexity index is 952. The van der Waals surface area contributed by atoms with E-state index in [1.54, 1.807) is 42.7 Å². The number of anilines is 2. The molecule has 7 heteroatoms. The van der Waals surface area contributed by atoms with Gasteiger partial charge in [-0.15, -0.1) is 11.3 Å². The molecule has 0 radical (unpaired) electrons. The van der Waals surface area contributed by atoms with Gasteiger partial charge >= 0.3 is 0 Å². The summed E-state index contributed by atoms with van der Waals surface area (Å²) in [6.45, 7) is 6.03. The fourth-order valence-corrected chi connectivity index (χ4v) is 3.35. The van der Waals surface area contributed by atoms with Crippen LogP contribution >= 0.6 is 11.3 Å². The SMILES string of the molecule is CC(C)c1cnc(NC(=O)[C@@H](C)c2ccc(NC(=O)c3ccccn3)cc2)s1. The minimum atomic E-state index is -0.341. The number of rotatable bonds is 6. The van der Waals surface area contributed by atoms with Crippen molar-refractivity contribution in [3.8, 4) is 0 Å². The standard InChI is InChI=1S/C21H22N4O2S/c1-13(2)18-12-23-21(28-18)25-19(26)14(3)15-7-9-16(10-8-15)24-20(27)17-6-4-5-11-22-17/h4-14H,1-3H3,(H,24,27)(H,23,25,26)/t14-/m0/s1. The van der Waals surface area contributed by atoms with E-state index in [9.17, 15) is 9.59 Å². The van der Waals surface area contributed by atoms with Crippen LogP contribution in [0.2, 0.25) is 0 Å². The highest BCUT2D eigenvalue weighted by molar-refractivity contribution is 7.15. The topological polar surface area (TPSA) is 84.0 Å². The zero-order valence-corrected chi connectivity index (χ0v) is 16.8. The highest BCUT2D eigenvalue weighted by Crippen LogP contribution is 2.26. The van der Waals surface area contributed by atoms with Crippen LogP contribution in [0, 0.1) is 0 Å². The summed E-state index contributed by atoms with van der Waals surface area (Å²) in [6.07, 6.45) is 3.37. The van der Waals surface area contributed by atoms with Gasteiger partial charge in [0.25, 0.3) is 5.91 Å². The van der Waals surface area contributed by atoms with E-state index in [0.29, 0.717) is 22.4 Å². The van der Waals surface area contributed by atoms with E-state index < -0.39 is 0 Å². The molecule has 1 aromatic carbocycles. The summed E-state index contributed by atoms with van der Waals surface area (Å²) in [5.41, 5.74) is 1.85. The number of nitrogens with zero attached hydrogens (tertiary/aromatic N) is 2. The highest BCUT2D eigenvalue weighted by Gasteiger charge is 2.17. The van der Waals surface area contributed by atoms with Gasteiger partial charge in [0, 0.05) is 23.0 Å². The summed E-state index contributed by atoms with van der Waals surface area (Å²) in [6, 6.07) is 12.4. The van der Waals surface area contributed by atoms with E-state index >= 15 is 0 Å². The molecule has 0 spiro atoms. The number of thiazole rings is 1. The second-order valence-corrected chi connectivity index (χ2v) is 7.79. The van der Waals surface area contributed by atoms with Crippen molar-refractivity contribution < 1.29 is 9.59 Å². The van der Waals surface area contributed by atoms with Gasteiger partial charge in [0.05, 0.1) is 5.92 Å². The molecule has 2 aromatic heterocycles. The molecule has 0 saturated heterocycles. The number of carbonyl (C=O) groups excluding carboxylic acids is 2. The molecule has 0 unspecified atom stereocenters. The van der Waals surface area contributed by atoms with Crippen molar-refractivity contribution >= 4 is 34.0 Å². The molecule has 1 atom stereocenters. The molecule has 0 aliphatic heterocycles. The largest absolute Gasteiger partial charge is 0.321 e. The second kappa shape index (κ2) is 8.75. The Hall–Kier alpha value is -3.06. The summed E-state index contributed by atoms with van der Waals surface area (Å²) in [7, 11) is 0. The molecular formula is C21H22N4O2S. The van der Waals surface area contributed by atoms with Gasteiger partial charge in [0.2, 0.25) is 5.91 Å². The van der Waals surface area contributed by atoms with Crippen LogP contribution in [0.25, 0.3) is 0 Å². The number of nitrogens with one attached hydrogen (secondary N) is 2. The van der Waals surface area contributed by atoms with Crippen LogP contribution in [0.3, 0.4) is 0 Å². The fraction of sp³-hybridized carbons (Fsp3) is 0.238. The quantitative estimate of drug-likeness (QED) is 0.637. The molecule has 0 bridgehead atoms.